The van der Waals surface area contributed by atoms with E-state index in [4.69, 9.17) is 0 Å². The van der Waals surface area contributed by atoms with Gasteiger partial charge in [0.05, 0.1) is 0 Å². The molecule has 0 saturated heterocycles. The number of nitrogens with one attached hydrogen (secondary N) is 1. The van der Waals surface area contributed by atoms with Gasteiger partial charge in [-0.2, -0.15) is 0 Å². The fourth-order valence-electron chi connectivity index (χ4n) is 2.35. The van der Waals surface area contributed by atoms with Gasteiger partial charge in [-0.3, -0.25) is 0 Å². The number of aromatic nitrogens is 2. The number of sulfonamides is 1. The van der Waals surface area contributed by atoms with Crippen molar-refractivity contribution in [3.8, 4) is 0 Å². The predicted molar refractivity (Wildman–Crippen MR) is 81.2 cm³/mol. The molecule has 2 aromatic rings. The summed E-state index contributed by atoms with van der Waals surface area (Å²) in [4.78, 5) is 4.30. The van der Waals surface area contributed by atoms with Crippen molar-refractivity contribution >= 4 is 37.3 Å². The molecule has 0 aliphatic carbocycles. The highest BCUT2D eigenvalue weighted by Crippen LogP contribution is 2.27. The van der Waals surface area contributed by atoms with Crippen LogP contribution in [0, 0.1) is 5.92 Å². The monoisotopic (exact) mass is 375 g/mol. The first-order chi connectivity index (χ1) is 9.56. The molecule has 0 fully saturated rings. The van der Waals surface area contributed by atoms with Gasteiger partial charge in [0, 0.05) is 36.4 Å². The van der Waals surface area contributed by atoms with E-state index >= 15 is 0 Å². The van der Waals surface area contributed by atoms with Crippen LogP contribution in [0.4, 0.5) is 0 Å². The third-order valence-electron chi connectivity index (χ3n) is 3.44. The quantitative estimate of drug-likeness (QED) is 0.890. The van der Waals surface area contributed by atoms with Crippen LogP contribution in [-0.2, 0) is 23.0 Å². The van der Waals surface area contributed by atoms with E-state index in [1.54, 1.807) is 17.6 Å². The van der Waals surface area contributed by atoms with Gasteiger partial charge in [-0.1, -0.05) is 0 Å². The Morgan fingerprint density at radius 3 is 3.15 bits per heavy atom. The summed E-state index contributed by atoms with van der Waals surface area (Å²) in [5.41, 5.74) is 0. The van der Waals surface area contributed by atoms with Crippen molar-refractivity contribution in [3.63, 3.8) is 0 Å². The Bertz CT molecular complexity index is 708. The molecular weight excluding hydrogens is 362 g/mol. The molecule has 0 amide bonds. The Morgan fingerprint density at radius 1 is 1.55 bits per heavy atom. The highest BCUT2D eigenvalue weighted by atomic mass is 79.9. The summed E-state index contributed by atoms with van der Waals surface area (Å²) in [6.07, 6.45) is 5.56. The predicted octanol–water partition coefficient (Wildman–Crippen LogP) is 2.25. The number of rotatable bonds is 4. The van der Waals surface area contributed by atoms with E-state index in [9.17, 15) is 8.42 Å². The lowest BCUT2D eigenvalue weighted by molar-refractivity contribution is 0.379. The first-order valence-electron chi connectivity index (χ1n) is 6.29. The average Bonchev–Trinajstić information content (AvgIpc) is 3.04. The van der Waals surface area contributed by atoms with Gasteiger partial charge in [-0.15, -0.1) is 11.3 Å². The van der Waals surface area contributed by atoms with Crippen molar-refractivity contribution in [2.24, 2.45) is 5.92 Å². The zero-order valence-electron chi connectivity index (χ0n) is 10.6. The van der Waals surface area contributed by atoms with Crippen molar-refractivity contribution in [2.45, 2.75) is 23.6 Å². The number of hydrogen-bond donors (Lipinski definition) is 1. The van der Waals surface area contributed by atoms with Gasteiger partial charge in [0.15, 0.2) is 0 Å². The molecule has 1 unspecified atom stereocenters. The number of aryl methyl sites for hydroxylation is 1. The molecule has 2 aromatic heterocycles. The molecule has 1 atom stereocenters. The minimum atomic E-state index is -3.42. The van der Waals surface area contributed by atoms with Crippen LogP contribution in [-0.4, -0.2) is 24.5 Å². The van der Waals surface area contributed by atoms with Gasteiger partial charge < -0.3 is 4.57 Å². The normalized spacial score (nSPS) is 18.9. The van der Waals surface area contributed by atoms with Gasteiger partial charge in [0.25, 0.3) is 10.0 Å². The van der Waals surface area contributed by atoms with Crippen LogP contribution in [0.1, 0.15) is 12.2 Å². The Morgan fingerprint density at radius 2 is 2.40 bits per heavy atom. The molecule has 3 heterocycles. The molecule has 8 heteroatoms. The Hall–Kier alpha value is -0.700. The molecule has 0 saturated carbocycles. The van der Waals surface area contributed by atoms with Crippen LogP contribution < -0.4 is 4.72 Å². The molecular formula is C12H14BrN3O2S2. The van der Waals surface area contributed by atoms with Crippen LogP contribution in [0.15, 0.2) is 32.5 Å². The molecule has 1 aliphatic rings. The molecule has 20 heavy (non-hydrogen) atoms. The van der Waals surface area contributed by atoms with Gasteiger partial charge in [-0.25, -0.2) is 18.1 Å². The van der Waals surface area contributed by atoms with Crippen LogP contribution in [0.2, 0.25) is 0 Å². The first-order valence-corrected chi connectivity index (χ1v) is 9.44. The van der Waals surface area contributed by atoms with Crippen LogP contribution in [0.3, 0.4) is 0 Å². The maximum atomic E-state index is 12.2. The lowest BCUT2D eigenvalue weighted by atomic mass is 9.98. The second-order valence-corrected chi connectivity index (χ2v) is 8.54. The average molecular weight is 376 g/mol. The first kappa shape index (κ1) is 14.2. The third-order valence-corrected chi connectivity index (χ3v) is 7.54. The highest BCUT2D eigenvalue weighted by molar-refractivity contribution is 9.10. The summed E-state index contributed by atoms with van der Waals surface area (Å²) in [7, 11) is -3.42. The Labute approximate surface area is 130 Å². The second kappa shape index (κ2) is 5.59. The van der Waals surface area contributed by atoms with E-state index in [2.05, 4.69) is 30.2 Å². The number of hydrogen-bond acceptors (Lipinski definition) is 4. The number of thiophene rings is 1. The highest BCUT2D eigenvalue weighted by Gasteiger charge is 2.23. The number of nitrogens with zero attached hydrogens (tertiary/aromatic N) is 2. The molecule has 3 rings (SSSR count). The Kier molecular flexibility index (Phi) is 3.98. The van der Waals surface area contributed by atoms with E-state index in [1.165, 1.54) is 11.3 Å². The van der Waals surface area contributed by atoms with Crippen molar-refractivity contribution in [3.05, 3.63) is 34.1 Å². The molecule has 5 nitrogen and oxygen atoms in total. The van der Waals surface area contributed by atoms with Crippen molar-refractivity contribution in [1.82, 2.24) is 14.3 Å². The fraction of sp³-hybridized carbons (Fsp3) is 0.417. The van der Waals surface area contributed by atoms with Gasteiger partial charge >= 0.3 is 0 Å². The van der Waals surface area contributed by atoms with Gasteiger partial charge in [-0.05, 0) is 39.7 Å². The largest absolute Gasteiger partial charge is 0.335 e. The van der Waals surface area contributed by atoms with E-state index in [0.29, 0.717) is 21.1 Å². The van der Waals surface area contributed by atoms with E-state index < -0.39 is 10.0 Å². The Balaban J connectivity index is 1.65. The lowest BCUT2D eigenvalue weighted by Gasteiger charge is -2.23. The lowest BCUT2D eigenvalue weighted by Crippen LogP contribution is -2.33. The summed E-state index contributed by atoms with van der Waals surface area (Å²) in [6.45, 7) is 1.37. The maximum Gasteiger partial charge on any atom is 0.251 e. The van der Waals surface area contributed by atoms with Crippen LogP contribution >= 0.6 is 27.3 Å². The third kappa shape index (κ3) is 2.83. The molecule has 1 aliphatic heterocycles. The topological polar surface area (TPSA) is 64.0 Å². The van der Waals surface area contributed by atoms with E-state index in [-0.39, 0.29) is 0 Å². The molecule has 0 spiro atoms. The van der Waals surface area contributed by atoms with E-state index in [1.807, 2.05) is 6.20 Å². The number of halogens is 1. The number of fused-ring (bicyclic) bond motifs is 1. The molecule has 0 radical (unpaired) electrons. The number of imidazole rings is 1. The van der Waals surface area contributed by atoms with Crippen molar-refractivity contribution in [1.29, 1.82) is 0 Å². The summed E-state index contributed by atoms with van der Waals surface area (Å²) in [5.74, 6) is 1.34. The SMILES string of the molecule is O=S(=O)(NCC1CCn2ccnc2C1)c1sccc1Br. The summed E-state index contributed by atoms with van der Waals surface area (Å²) in [5, 5.41) is 1.76. The summed E-state index contributed by atoms with van der Waals surface area (Å²) < 4.78 is 30.2. The molecule has 108 valence electrons. The second-order valence-electron chi connectivity index (χ2n) is 4.80. The standard InChI is InChI=1S/C12H14BrN3O2S2/c13-10-2-6-19-12(10)20(17,18)15-8-9-1-4-16-5-3-14-11(16)7-9/h2-3,5-6,9,15H,1,4,7-8H2. The van der Waals surface area contributed by atoms with Gasteiger partial charge in [0.1, 0.15) is 10.0 Å². The zero-order chi connectivity index (χ0) is 14.2. The maximum absolute atomic E-state index is 12.2. The molecule has 1 N–H and O–H groups in total. The van der Waals surface area contributed by atoms with Crippen LogP contribution in [0.25, 0.3) is 0 Å². The summed E-state index contributed by atoms with van der Waals surface area (Å²) in [6, 6.07) is 1.75. The molecule has 0 aromatic carbocycles. The minimum absolute atomic E-state index is 0.304. The van der Waals surface area contributed by atoms with Crippen molar-refractivity contribution in [2.75, 3.05) is 6.54 Å². The fourth-order valence-corrected chi connectivity index (χ4v) is 5.85. The zero-order valence-corrected chi connectivity index (χ0v) is 13.8. The smallest absolute Gasteiger partial charge is 0.251 e. The minimum Gasteiger partial charge on any atom is -0.335 e. The van der Waals surface area contributed by atoms with Gasteiger partial charge in [0.2, 0.25) is 0 Å². The van der Waals surface area contributed by atoms with E-state index in [0.717, 1.165) is 25.2 Å². The molecule has 0 bridgehead atoms. The van der Waals surface area contributed by atoms with Crippen molar-refractivity contribution < 1.29 is 8.42 Å². The van der Waals surface area contributed by atoms with Crippen LogP contribution in [0.5, 0.6) is 0 Å². The summed E-state index contributed by atoms with van der Waals surface area (Å²) >= 11 is 4.48.